The van der Waals surface area contributed by atoms with Crippen molar-refractivity contribution in [2.75, 3.05) is 6.54 Å². The number of nitrogens with zero attached hydrogens (tertiary/aromatic N) is 2. The van der Waals surface area contributed by atoms with E-state index in [4.69, 9.17) is 5.11 Å². The van der Waals surface area contributed by atoms with Gasteiger partial charge in [0.05, 0.1) is 11.9 Å². The number of carboxylic acid groups (broad SMARTS) is 1. The summed E-state index contributed by atoms with van der Waals surface area (Å²) in [5.41, 5.74) is 1.97. The lowest BCUT2D eigenvalue weighted by molar-refractivity contribution is -0.137. The summed E-state index contributed by atoms with van der Waals surface area (Å²) in [4.78, 5) is 27.9. The molecule has 0 bridgehead atoms. The number of hydrogen-bond acceptors (Lipinski definition) is 4. The number of thiazole rings is 1. The lowest BCUT2D eigenvalue weighted by Gasteiger charge is -2.25. The summed E-state index contributed by atoms with van der Waals surface area (Å²) in [7, 11) is 0. The van der Waals surface area contributed by atoms with Crippen molar-refractivity contribution in [1.82, 2.24) is 9.88 Å². The first-order chi connectivity index (χ1) is 7.52. The van der Waals surface area contributed by atoms with E-state index in [9.17, 15) is 9.59 Å². The van der Waals surface area contributed by atoms with Gasteiger partial charge in [-0.3, -0.25) is 9.59 Å². The van der Waals surface area contributed by atoms with Crippen molar-refractivity contribution in [3.8, 4) is 0 Å². The molecule has 0 aliphatic rings. The minimum Gasteiger partial charge on any atom is -0.481 e. The van der Waals surface area contributed by atoms with E-state index in [0.29, 0.717) is 5.69 Å². The van der Waals surface area contributed by atoms with E-state index < -0.39 is 5.97 Å². The number of carbonyl (C=O) groups excluding carboxylic acids is 1. The van der Waals surface area contributed by atoms with Gasteiger partial charge in [0.25, 0.3) is 5.91 Å². The molecule has 0 atom stereocenters. The van der Waals surface area contributed by atoms with Gasteiger partial charge in [0.1, 0.15) is 5.69 Å². The second-order valence-corrected chi connectivity index (χ2v) is 4.33. The number of carbonyl (C=O) groups is 2. The van der Waals surface area contributed by atoms with Crippen LogP contribution in [0.3, 0.4) is 0 Å². The molecule has 0 unspecified atom stereocenters. The first-order valence-corrected chi connectivity index (χ1v) is 5.87. The highest BCUT2D eigenvalue weighted by molar-refractivity contribution is 7.07. The van der Waals surface area contributed by atoms with Crippen LogP contribution < -0.4 is 0 Å². The maximum atomic E-state index is 11.9. The van der Waals surface area contributed by atoms with Crippen molar-refractivity contribution in [2.45, 2.75) is 26.3 Å². The van der Waals surface area contributed by atoms with Gasteiger partial charge in [-0.25, -0.2) is 4.98 Å². The predicted octanol–water partition coefficient (Wildman–Crippen LogP) is 1.47. The summed E-state index contributed by atoms with van der Waals surface area (Å²) in [6, 6.07) is -0.0337. The molecule has 1 N–H and O–H groups in total. The minimum absolute atomic E-state index is 0.0337. The van der Waals surface area contributed by atoms with E-state index in [1.165, 1.54) is 16.2 Å². The monoisotopic (exact) mass is 242 g/mol. The molecule has 5 nitrogen and oxygen atoms in total. The van der Waals surface area contributed by atoms with E-state index in [-0.39, 0.29) is 24.9 Å². The van der Waals surface area contributed by atoms with Crippen LogP contribution in [0.4, 0.5) is 0 Å². The van der Waals surface area contributed by atoms with Gasteiger partial charge in [-0.15, -0.1) is 11.3 Å². The van der Waals surface area contributed by atoms with Crippen LogP contribution in [0.5, 0.6) is 0 Å². The standard InChI is InChI=1S/C10H14N2O3S/c1-7(2)12(4-3-9(13)14)10(15)8-5-16-6-11-8/h5-7H,3-4H2,1-2H3,(H,13,14). The molecule has 0 radical (unpaired) electrons. The van der Waals surface area contributed by atoms with Gasteiger partial charge in [-0.2, -0.15) is 0 Å². The lowest BCUT2D eigenvalue weighted by atomic mass is 10.2. The molecule has 1 rings (SSSR count). The zero-order valence-electron chi connectivity index (χ0n) is 9.21. The molecule has 0 fully saturated rings. The molecule has 6 heteroatoms. The van der Waals surface area contributed by atoms with Crippen LogP contribution in [-0.2, 0) is 4.79 Å². The third-order valence-electron chi connectivity index (χ3n) is 2.10. The van der Waals surface area contributed by atoms with Crippen LogP contribution in [0, 0.1) is 0 Å². The third kappa shape index (κ3) is 3.30. The molecule has 88 valence electrons. The molecular formula is C10H14N2O3S. The molecule has 16 heavy (non-hydrogen) atoms. The zero-order valence-corrected chi connectivity index (χ0v) is 10.0. The van der Waals surface area contributed by atoms with Crippen LogP contribution in [0.15, 0.2) is 10.9 Å². The Morgan fingerprint density at radius 3 is 2.69 bits per heavy atom. The van der Waals surface area contributed by atoms with Crippen LogP contribution >= 0.6 is 11.3 Å². The lowest BCUT2D eigenvalue weighted by Crippen LogP contribution is -2.38. The van der Waals surface area contributed by atoms with Crippen LogP contribution in [0.1, 0.15) is 30.8 Å². The number of hydrogen-bond donors (Lipinski definition) is 1. The molecule has 0 saturated carbocycles. The second-order valence-electron chi connectivity index (χ2n) is 3.61. The molecule has 0 saturated heterocycles. The number of carboxylic acids is 1. The van der Waals surface area contributed by atoms with Crippen LogP contribution in [-0.4, -0.2) is 39.5 Å². The molecule has 0 aliphatic carbocycles. The largest absolute Gasteiger partial charge is 0.481 e. The van der Waals surface area contributed by atoms with Crippen LogP contribution in [0.25, 0.3) is 0 Å². The minimum atomic E-state index is -0.906. The zero-order chi connectivity index (χ0) is 12.1. The fourth-order valence-electron chi connectivity index (χ4n) is 1.28. The van der Waals surface area contributed by atoms with Gasteiger partial charge in [0.2, 0.25) is 0 Å². The molecular weight excluding hydrogens is 228 g/mol. The van der Waals surface area contributed by atoms with E-state index in [1.807, 2.05) is 13.8 Å². The Labute approximate surface area is 97.7 Å². The van der Waals surface area contributed by atoms with Gasteiger partial charge >= 0.3 is 5.97 Å². The van der Waals surface area contributed by atoms with E-state index in [2.05, 4.69) is 4.98 Å². The summed E-state index contributed by atoms with van der Waals surface area (Å²) in [6.45, 7) is 3.92. The highest BCUT2D eigenvalue weighted by Crippen LogP contribution is 2.09. The molecule has 1 amide bonds. The maximum absolute atomic E-state index is 11.9. The van der Waals surface area contributed by atoms with Crippen molar-refractivity contribution >= 4 is 23.2 Å². The van der Waals surface area contributed by atoms with E-state index >= 15 is 0 Å². The molecule has 1 aromatic heterocycles. The number of aliphatic carboxylic acids is 1. The summed E-state index contributed by atoms with van der Waals surface area (Å²) in [6.07, 6.45) is -0.0476. The summed E-state index contributed by atoms with van der Waals surface area (Å²) in [5.74, 6) is -1.12. The van der Waals surface area contributed by atoms with Crippen molar-refractivity contribution < 1.29 is 14.7 Å². The molecule has 0 spiro atoms. The smallest absolute Gasteiger partial charge is 0.305 e. The van der Waals surface area contributed by atoms with Gasteiger partial charge in [0, 0.05) is 18.0 Å². The van der Waals surface area contributed by atoms with Gasteiger partial charge in [0.15, 0.2) is 0 Å². The Morgan fingerprint density at radius 2 is 2.25 bits per heavy atom. The Bertz CT molecular complexity index is 362. The van der Waals surface area contributed by atoms with Crippen molar-refractivity contribution in [1.29, 1.82) is 0 Å². The quantitative estimate of drug-likeness (QED) is 0.848. The second kappa shape index (κ2) is 5.60. The van der Waals surface area contributed by atoms with E-state index in [0.717, 1.165) is 0 Å². The molecule has 0 aliphatic heterocycles. The Balaban J connectivity index is 2.70. The third-order valence-corrected chi connectivity index (χ3v) is 2.69. The Hall–Kier alpha value is -1.43. The first-order valence-electron chi connectivity index (χ1n) is 4.93. The number of rotatable bonds is 5. The molecule has 1 heterocycles. The summed E-state index contributed by atoms with van der Waals surface area (Å²) >= 11 is 1.35. The van der Waals surface area contributed by atoms with Crippen molar-refractivity contribution in [3.63, 3.8) is 0 Å². The normalized spacial score (nSPS) is 10.4. The van der Waals surface area contributed by atoms with Crippen molar-refractivity contribution in [2.24, 2.45) is 0 Å². The number of aromatic nitrogens is 1. The first kappa shape index (κ1) is 12.6. The van der Waals surface area contributed by atoms with Crippen LogP contribution in [0.2, 0.25) is 0 Å². The summed E-state index contributed by atoms with van der Waals surface area (Å²) in [5, 5.41) is 10.3. The number of amides is 1. The highest BCUT2D eigenvalue weighted by atomic mass is 32.1. The van der Waals surface area contributed by atoms with Gasteiger partial charge < -0.3 is 10.0 Å². The maximum Gasteiger partial charge on any atom is 0.305 e. The Kier molecular flexibility index (Phi) is 4.42. The average molecular weight is 242 g/mol. The fraction of sp³-hybridized carbons (Fsp3) is 0.500. The Morgan fingerprint density at radius 1 is 1.56 bits per heavy atom. The SMILES string of the molecule is CC(C)N(CCC(=O)O)C(=O)c1cscn1. The molecule has 1 aromatic rings. The van der Waals surface area contributed by atoms with Crippen molar-refractivity contribution in [3.05, 3.63) is 16.6 Å². The van der Waals surface area contributed by atoms with E-state index in [1.54, 1.807) is 10.9 Å². The fourth-order valence-corrected chi connectivity index (χ4v) is 1.80. The van der Waals surface area contributed by atoms with Gasteiger partial charge in [-0.05, 0) is 13.8 Å². The average Bonchev–Trinajstić information content (AvgIpc) is 2.69. The highest BCUT2D eigenvalue weighted by Gasteiger charge is 2.20. The predicted molar refractivity (Wildman–Crippen MR) is 60.5 cm³/mol. The topological polar surface area (TPSA) is 70.5 Å². The molecule has 0 aromatic carbocycles. The summed E-state index contributed by atoms with van der Waals surface area (Å²) < 4.78 is 0. The van der Waals surface area contributed by atoms with Gasteiger partial charge in [-0.1, -0.05) is 0 Å².